The first kappa shape index (κ1) is 15.7. The number of thiocarbonyl (C=S) groups is 2. The smallest absolute Gasteiger partial charge is 1.00 e. The minimum absolute atomic E-state index is 0. The maximum absolute atomic E-state index is 3.96. The standard InChI is InChI=1S/CS2.ClH.K/c2-1-3;;/h;1H;/q;;+1/p-1. The Balaban J connectivity index is -0.0000000200. The molecule has 0 aromatic carbocycles. The van der Waals surface area contributed by atoms with Crippen LogP contribution in [-0.4, -0.2) is 4.31 Å². The van der Waals surface area contributed by atoms with Gasteiger partial charge in [-0.1, -0.05) is 0 Å². The zero-order chi connectivity index (χ0) is 2.71. The molecule has 0 spiro atoms. The van der Waals surface area contributed by atoms with Gasteiger partial charge in [0.2, 0.25) is 0 Å². The van der Waals surface area contributed by atoms with Crippen molar-refractivity contribution >= 4 is 28.7 Å². The predicted octanol–water partition coefficient (Wildman–Crippen LogP) is -4.97. The summed E-state index contributed by atoms with van der Waals surface area (Å²) in [4.78, 5) is 0. The van der Waals surface area contributed by atoms with Gasteiger partial charge in [-0.2, -0.15) is 0 Å². The van der Waals surface area contributed by atoms with Crippen molar-refractivity contribution in [1.29, 1.82) is 0 Å². The average molecular weight is 151 g/mol. The number of hydrogen-bond donors (Lipinski definition) is 0. The number of hydrogen-bond acceptors (Lipinski definition) is 2. The molecule has 0 radical (unpaired) electrons. The Morgan fingerprint density at radius 1 is 1.20 bits per heavy atom. The van der Waals surface area contributed by atoms with Gasteiger partial charge in [0.15, 0.2) is 0 Å². The van der Waals surface area contributed by atoms with Crippen molar-refractivity contribution in [3.63, 3.8) is 0 Å². The molecule has 0 atom stereocenters. The van der Waals surface area contributed by atoms with Crippen LogP contribution in [0.2, 0.25) is 0 Å². The first-order chi connectivity index (χ1) is 1.41. The quantitative estimate of drug-likeness (QED) is 0.251. The van der Waals surface area contributed by atoms with Crippen LogP contribution in [0.15, 0.2) is 0 Å². The molecule has 4 heteroatoms. The zero-order valence-electron chi connectivity index (χ0n) is 2.69. The molecule has 0 unspecified atom stereocenters. The Morgan fingerprint density at radius 3 is 1.20 bits per heavy atom. The van der Waals surface area contributed by atoms with Crippen molar-refractivity contribution in [3.05, 3.63) is 0 Å². The SMILES string of the molecule is S=C=S.[Cl-].[K+]. The van der Waals surface area contributed by atoms with Crippen LogP contribution >= 0.6 is 24.4 Å². The fraction of sp³-hybridized carbons (Fsp3) is 0. The molecule has 24 valence electrons. The van der Waals surface area contributed by atoms with E-state index in [2.05, 4.69) is 24.4 Å². The third kappa shape index (κ3) is 22.9. The van der Waals surface area contributed by atoms with Gasteiger partial charge in [0.1, 0.15) is 0 Å². The topological polar surface area (TPSA) is 0 Å². The van der Waals surface area contributed by atoms with Gasteiger partial charge >= 0.3 is 51.4 Å². The minimum Gasteiger partial charge on any atom is -1.00 e. The molecule has 0 heterocycles. The second-order valence-corrected chi connectivity index (χ2v) is 0.750. The van der Waals surface area contributed by atoms with Gasteiger partial charge in [0, 0.05) is 4.31 Å². The Labute approximate surface area is 90.5 Å². The zero-order valence-corrected chi connectivity index (χ0v) is 8.21. The van der Waals surface area contributed by atoms with Gasteiger partial charge < -0.3 is 12.4 Å². The summed E-state index contributed by atoms with van der Waals surface area (Å²) >= 11 is 7.92. The Kier molecular flexibility index (Phi) is 51.6. The summed E-state index contributed by atoms with van der Waals surface area (Å²) in [5, 5.41) is 0. The van der Waals surface area contributed by atoms with Gasteiger partial charge in [-0.25, -0.2) is 0 Å². The second-order valence-electron chi connectivity index (χ2n) is 0.0833. The molecule has 0 saturated heterocycles. The molecule has 0 N–H and O–H groups in total. The van der Waals surface area contributed by atoms with E-state index in [4.69, 9.17) is 0 Å². The fourth-order valence-corrected chi connectivity index (χ4v) is 0. The van der Waals surface area contributed by atoms with Gasteiger partial charge in [-0.05, 0) is 24.4 Å². The molecule has 0 rings (SSSR count). The summed E-state index contributed by atoms with van der Waals surface area (Å²) < 4.78 is 1.92. The van der Waals surface area contributed by atoms with E-state index < -0.39 is 0 Å². The average Bonchev–Trinajstić information content (AvgIpc) is 0.918. The van der Waals surface area contributed by atoms with Crippen molar-refractivity contribution in [2.45, 2.75) is 0 Å². The van der Waals surface area contributed by atoms with E-state index in [1.807, 2.05) is 4.31 Å². The third-order valence-electron chi connectivity index (χ3n) is 0. The summed E-state index contributed by atoms with van der Waals surface area (Å²) in [6, 6.07) is 0. The maximum atomic E-state index is 3.96. The minimum atomic E-state index is 0. The predicted molar refractivity (Wildman–Crippen MR) is 20.2 cm³/mol. The van der Waals surface area contributed by atoms with Crippen LogP contribution in [0, 0.1) is 0 Å². The molecule has 0 bridgehead atoms. The van der Waals surface area contributed by atoms with Crippen LogP contribution in [0.1, 0.15) is 0 Å². The molecule has 0 saturated carbocycles. The van der Waals surface area contributed by atoms with E-state index in [0.717, 1.165) is 0 Å². The summed E-state index contributed by atoms with van der Waals surface area (Å²) in [6.45, 7) is 0. The molecule has 5 heavy (non-hydrogen) atoms. The van der Waals surface area contributed by atoms with E-state index in [1.165, 1.54) is 0 Å². The van der Waals surface area contributed by atoms with Crippen molar-refractivity contribution in [2.24, 2.45) is 0 Å². The van der Waals surface area contributed by atoms with Crippen LogP contribution in [0.5, 0.6) is 0 Å². The molecule has 0 aliphatic heterocycles. The van der Waals surface area contributed by atoms with Crippen molar-refractivity contribution < 1.29 is 63.8 Å². The van der Waals surface area contributed by atoms with E-state index >= 15 is 0 Å². The maximum Gasteiger partial charge on any atom is 1.00 e. The van der Waals surface area contributed by atoms with Crippen molar-refractivity contribution in [1.82, 2.24) is 0 Å². The molecule has 0 amide bonds. The van der Waals surface area contributed by atoms with Crippen LogP contribution in [-0.2, 0) is 0 Å². The van der Waals surface area contributed by atoms with Crippen molar-refractivity contribution in [3.8, 4) is 0 Å². The largest absolute Gasteiger partial charge is 1.00 e. The van der Waals surface area contributed by atoms with Crippen LogP contribution in [0.4, 0.5) is 0 Å². The summed E-state index contributed by atoms with van der Waals surface area (Å²) in [6.07, 6.45) is 0. The van der Waals surface area contributed by atoms with Gasteiger partial charge in [-0.3, -0.25) is 0 Å². The van der Waals surface area contributed by atoms with Gasteiger partial charge in [0.05, 0.1) is 0 Å². The number of halogens is 1. The first-order valence-corrected chi connectivity index (χ1v) is 1.22. The Morgan fingerprint density at radius 2 is 1.20 bits per heavy atom. The molecule has 0 aliphatic rings. The Bertz CT molecular complexity index is 30.6. The second kappa shape index (κ2) is 16.4. The first-order valence-electron chi connectivity index (χ1n) is 0.408. The van der Waals surface area contributed by atoms with Crippen LogP contribution < -0.4 is 63.8 Å². The van der Waals surface area contributed by atoms with E-state index in [9.17, 15) is 0 Å². The summed E-state index contributed by atoms with van der Waals surface area (Å²) in [5.41, 5.74) is 0. The van der Waals surface area contributed by atoms with Crippen LogP contribution in [0.3, 0.4) is 0 Å². The van der Waals surface area contributed by atoms with E-state index in [0.29, 0.717) is 0 Å². The molecule has 0 aromatic heterocycles. The molecule has 0 nitrogen and oxygen atoms in total. The van der Waals surface area contributed by atoms with E-state index in [-0.39, 0.29) is 63.8 Å². The molecular formula is CClKS2. The Hall–Kier alpha value is 2.15. The summed E-state index contributed by atoms with van der Waals surface area (Å²) in [5.74, 6) is 0. The van der Waals surface area contributed by atoms with Crippen molar-refractivity contribution in [2.75, 3.05) is 0 Å². The summed E-state index contributed by atoms with van der Waals surface area (Å²) in [7, 11) is 0. The molecule has 0 aliphatic carbocycles. The third-order valence-corrected chi connectivity index (χ3v) is 0. The van der Waals surface area contributed by atoms with Crippen LogP contribution in [0.25, 0.3) is 0 Å². The molecule has 0 fully saturated rings. The van der Waals surface area contributed by atoms with Gasteiger partial charge in [-0.15, -0.1) is 0 Å². The van der Waals surface area contributed by atoms with Gasteiger partial charge in [0.25, 0.3) is 0 Å². The molecular weight excluding hydrogens is 151 g/mol. The number of rotatable bonds is 0. The molecule has 0 aromatic rings. The normalized spacial score (nSPS) is 1.60. The van der Waals surface area contributed by atoms with E-state index in [1.54, 1.807) is 0 Å². The fourth-order valence-electron chi connectivity index (χ4n) is 0. The monoisotopic (exact) mass is 150 g/mol.